The number of nitrogens with zero attached hydrogens (tertiary/aromatic N) is 2. The van der Waals surface area contributed by atoms with Gasteiger partial charge in [0.05, 0.1) is 11.7 Å². The molecule has 0 saturated carbocycles. The van der Waals surface area contributed by atoms with Crippen molar-refractivity contribution in [3.05, 3.63) is 30.1 Å². The minimum absolute atomic E-state index is 0. The van der Waals surface area contributed by atoms with Crippen LogP contribution in [0.5, 0.6) is 0 Å². The van der Waals surface area contributed by atoms with Gasteiger partial charge in [0.15, 0.2) is 0 Å². The number of rotatable bonds is 4. The van der Waals surface area contributed by atoms with Gasteiger partial charge in [-0.1, -0.05) is 6.07 Å². The number of nitrogens with one attached hydrogen (secondary N) is 1. The lowest BCUT2D eigenvalue weighted by Crippen LogP contribution is -2.48. The molecule has 3 N–H and O–H groups in total. The first-order valence-electron chi connectivity index (χ1n) is 6.83. The highest BCUT2D eigenvalue weighted by Crippen LogP contribution is 2.12. The highest BCUT2D eigenvalue weighted by Gasteiger charge is 2.21. The number of carbonyl (C=O) groups is 1. The molecular weight excluding hydrogens is 347 g/mol. The molecular formula is C14H25Cl3N4O. The Kier molecular flexibility index (Phi) is 12.8. The topological polar surface area (TPSA) is 71.2 Å². The fraction of sp³-hybridized carbons (Fsp3) is 0.571. The molecule has 0 bridgehead atoms. The molecule has 8 heteroatoms. The van der Waals surface area contributed by atoms with Crippen molar-refractivity contribution in [2.24, 2.45) is 5.73 Å². The van der Waals surface area contributed by atoms with Crippen LogP contribution in [0.15, 0.2) is 24.4 Å². The molecule has 2 heterocycles. The molecule has 0 unspecified atom stereocenters. The van der Waals surface area contributed by atoms with Gasteiger partial charge >= 0.3 is 0 Å². The first-order valence-corrected chi connectivity index (χ1v) is 6.83. The second kappa shape index (κ2) is 11.9. The standard InChI is InChI=1S/C14H22N4O.3ClH/c1-11(15)14(19)17-12-5-8-18(9-6-12)10-13-4-2-3-7-16-13;;;/h2-4,7,11-12H,5-6,8-10,15H2,1H3,(H,17,19);3*1H/t11-;;;/m1.../s1. The van der Waals surface area contributed by atoms with Crippen molar-refractivity contribution in [3.63, 3.8) is 0 Å². The van der Waals surface area contributed by atoms with E-state index in [1.54, 1.807) is 6.92 Å². The first-order chi connectivity index (χ1) is 9.15. The molecule has 1 aromatic heterocycles. The number of amides is 1. The van der Waals surface area contributed by atoms with E-state index in [0.717, 1.165) is 38.2 Å². The molecule has 1 saturated heterocycles. The Morgan fingerprint density at radius 1 is 1.36 bits per heavy atom. The van der Waals surface area contributed by atoms with Crippen molar-refractivity contribution in [2.45, 2.75) is 38.4 Å². The Morgan fingerprint density at radius 2 is 2.00 bits per heavy atom. The van der Waals surface area contributed by atoms with Crippen molar-refractivity contribution in [2.75, 3.05) is 13.1 Å². The third kappa shape index (κ3) is 7.61. The van der Waals surface area contributed by atoms with Gasteiger partial charge in [-0.2, -0.15) is 0 Å². The summed E-state index contributed by atoms with van der Waals surface area (Å²) >= 11 is 0. The van der Waals surface area contributed by atoms with Crippen molar-refractivity contribution < 1.29 is 4.79 Å². The van der Waals surface area contributed by atoms with Gasteiger partial charge < -0.3 is 11.1 Å². The van der Waals surface area contributed by atoms with Gasteiger partial charge in [0, 0.05) is 31.9 Å². The first kappa shape index (κ1) is 23.7. The van der Waals surface area contributed by atoms with E-state index in [4.69, 9.17) is 5.73 Å². The van der Waals surface area contributed by atoms with Crippen molar-refractivity contribution >= 4 is 43.1 Å². The zero-order valence-electron chi connectivity index (χ0n) is 12.6. The molecule has 2 rings (SSSR count). The lowest BCUT2D eigenvalue weighted by molar-refractivity contribution is -0.123. The molecule has 1 atom stereocenters. The van der Waals surface area contributed by atoms with Gasteiger partial charge in [0.1, 0.15) is 0 Å². The summed E-state index contributed by atoms with van der Waals surface area (Å²) in [5.74, 6) is -0.0526. The van der Waals surface area contributed by atoms with Crippen LogP contribution in [0.25, 0.3) is 0 Å². The van der Waals surface area contributed by atoms with Gasteiger partial charge in [-0.3, -0.25) is 14.7 Å². The smallest absolute Gasteiger partial charge is 0.236 e. The van der Waals surface area contributed by atoms with E-state index in [1.165, 1.54) is 0 Å². The second-order valence-electron chi connectivity index (χ2n) is 5.17. The number of aromatic nitrogens is 1. The van der Waals surface area contributed by atoms with Crippen LogP contribution in [0.3, 0.4) is 0 Å². The van der Waals surface area contributed by atoms with Crippen molar-refractivity contribution in [1.29, 1.82) is 0 Å². The maximum absolute atomic E-state index is 11.5. The average molecular weight is 372 g/mol. The second-order valence-corrected chi connectivity index (χ2v) is 5.17. The molecule has 1 fully saturated rings. The van der Waals surface area contributed by atoms with Crippen molar-refractivity contribution in [3.8, 4) is 0 Å². The molecule has 0 aliphatic carbocycles. The Hall–Kier alpha value is -0.590. The molecule has 128 valence electrons. The van der Waals surface area contributed by atoms with E-state index in [0.29, 0.717) is 0 Å². The highest BCUT2D eigenvalue weighted by molar-refractivity contribution is 5.86. The van der Waals surface area contributed by atoms with Crippen LogP contribution >= 0.6 is 37.2 Å². The molecule has 0 aromatic carbocycles. The van der Waals surface area contributed by atoms with Crippen LogP contribution < -0.4 is 11.1 Å². The van der Waals surface area contributed by atoms with E-state index in [1.807, 2.05) is 24.4 Å². The monoisotopic (exact) mass is 370 g/mol. The Morgan fingerprint density at radius 3 is 2.50 bits per heavy atom. The fourth-order valence-corrected chi connectivity index (χ4v) is 2.29. The van der Waals surface area contributed by atoms with E-state index >= 15 is 0 Å². The number of likely N-dealkylation sites (tertiary alicyclic amines) is 1. The normalized spacial score (nSPS) is 16.5. The summed E-state index contributed by atoms with van der Waals surface area (Å²) in [4.78, 5) is 18.2. The zero-order valence-corrected chi connectivity index (χ0v) is 15.1. The number of carbonyl (C=O) groups excluding carboxylic acids is 1. The van der Waals surface area contributed by atoms with E-state index in [9.17, 15) is 4.79 Å². The van der Waals surface area contributed by atoms with E-state index in [2.05, 4.69) is 15.2 Å². The zero-order chi connectivity index (χ0) is 13.7. The molecule has 1 aliphatic rings. The fourth-order valence-electron chi connectivity index (χ4n) is 2.29. The molecule has 5 nitrogen and oxygen atoms in total. The van der Waals surface area contributed by atoms with Crippen LogP contribution in [0.2, 0.25) is 0 Å². The third-order valence-electron chi connectivity index (χ3n) is 3.46. The van der Waals surface area contributed by atoms with Crippen LogP contribution in [0.1, 0.15) is 25.5 Å². The summed E-state index contributed by atoms with van der Waals surface area (Å²) in [6.45, 7) is 4.57. The largest absolute Gasteiger partial charge is 0.352 e. The molecule has 0 radical (unpaired) electrons. The summed E-state index contributed by atoms with van der Waals surface area (Å²) in [6, 6.07) is 5.83. The van der Waals surface area contributed by atoms with Gasteiger partial charge in [-0.15, -0.1) is 37.2 Å². The summed E-state index contributed by atoms with van der Waals surface area (Å²) < 4.78 is 0. The van der Waals surface area contributed by atoms with Crippen LogP contribution in [0, 0.1) is 0 Å². The summed E-state index contributed by atoms with van der Waals surface area (Å²) in [5, 5.41) is 3.00. The Bertz CT molecular complexity index is 412. The lowest BCUT2D eigenvalue weighted by atomic mass is 10.0. The summed E-state index contributed by atoms with van der Waals surface area (Å²) in [6.07, 6.45) is 3.78. The van der Waals surface area contributed by atoms with Crippen LogP contribution in [0.4, 0.5) is 0 Å². The number of nitrogens with two attached hydrogens (primary N) is 1. The SMILES string of the molecule is C[C@@H](N)C(=O)NC1CCN(Cc2ccccn2)CC1.Cl.Cl.Cl. The third-order valence-corrected chi connectivity index (χ3v) is 3.46. The molecule has 1 aliphatic heterocycles. The molecule has 1 aromatic rings. The summed E-state index contributed by atoms with van der Waals surface area (Å²) in [5.41, 5.74) is 6.65. The maximum Gasteiger partial charge on any atom is 0.236 e. The molecule has 22 heavy (non-hydrogen) atoms. The number of piperidine rings is 1. The van der Waals surface area contributed by atoms with Crippen molar-refractivity contribution in [1.82, 2.24) is 15.2 Å². The summed E-state index contributed by atoms with van der Waals surface area (Å²) in [7, 11) is 0. The number of pyridine rings is 1. The van der Waals surface area contributed by atoms with E-state index in [-0.39, 0.29) is 49.2 Å². The van der Waals surface area contributed by atoms with Gasteiger partial charge in [0.25, 0.3) is 0 Å². The highest BCUT2D eigenvalue weighted by atomic mass is 35.5. The van der Waals surface area contributed by atoms with Gasteiger partial charge in [-0.05, 0) is 31.9 Å². The van der Waals surface area contributed by atoms with Gasteiger partial charge in [0.2, 0.25) is 5.91 Å². The molecule has 1 amide bonds. The quantitative estimate of drug-likeness (QED) is 0.846. The number of halogens is 3. The number of hydrogen-bond donors (Lipinski definition) is 2. The maximum atomic E-state index is 11.5. The predicted molar refractivity (Wildman–Crippen MR) is 96.1 cm³/mol. The van der Waals surface area contributed by atoms with Gasteiger partial charge in [-0.25, -0.2) is 0 Å². The molecule has 0 spiro atoms. The van der Waals surface area contributed by atoms with E-state index < -0.39 is 6.04 Å². The minimum atomic E-state index is -0.424. The lowest BCUT2D eigenvalue weighted by Gasteiger charge is -2.32. The Balaban J connectivity index is 0. The van der Waals surface area contributed by atoms with Crippen LogP contribution in [-0.4, -0.2) is 41.0 Å². The minimum Gasteiger partial charge on any atom is -0.352 e. The van der Waals surface area contributed by atoms with Crippen LogP contribution in [-0.2, 0) is 11.3 Å². The number of hydrogen-bond acceptors (Lipinski definition) is 4. The predicted octanol–water partition coefficient (Wildman–Crippen LogP) is 1.77. The Labute approximate surface area is 150 Å². The average Bonchev–Trinajstić information content (AvgIpc) is 2.42.